The summed E-state index contributed by atoms with van der Waals surface area (Å²) in [5.41, 5.74) is 3.84. The largest absolute Gasteiger partial charge is 0.493 e. The summed E-state index contributed by atoms with van der Waals surface area (Å²) < 4.78 is 11.3. The molecule has 0 N–H and O–H groups in total. The van der Waals surface area contributed by atoms with E-state index in [2.05, 4.69) is 11.6 Å². The third-order valence-electron chi connectivity index (χ3n) is 3.25. The van der Waals surface area contributed by atoms with Crippen LogP contribution in [0.15, 0.2) is 54.0 Å². The molecule has 0 heterocycles. The maximum atomic E-state index is 5.91. The first-order chi connectivity index (χ1) is 10.7. The van der Waals surface area contributed by atoms with E-state index in [4.69, 9.17) is 9.47 Å². The minimum absolute atomic E-state index is 0.485. The van der Waals surface area contributed by atoms with Gasteiger partial charge in [-0.2, -0.15) is 0 Å². The van der Waals surface area contributed by atoms with Crippen molar-refractivity contribution in [2.24, 2.45) is 4.99 Å². The van der Waals surface area contributed by atoms with Crippen LogP contribution in [0.5, 0.6) is 11.5 Å². The first-order valence-corrected chi connectivity index (χ1v) is 7.19. The fourth-order valence-electron chi connectivity index (χ4n) is 2.14. The number of methoxy groups -OCH3 is 1. The van der Waals surface area contributed by atoms with E-state index in [0.29, 0.717) is 18.1 Å². The van der Waals surface area contributed by atoms with Crippen LogP contribution in [0.4, 0.5) is 5.69 Å². The van der Waals surface area contributed by atoms with Gasteiger partial charge in [-0.15, -0.1) is 0 Å². The lowest BCUT2D eigenvalue weighted by Crippen LogP contribution is -1.98. The number of nitrogens with zero attached hydrogens (tertiary/aromatic N) is 1. The van der Waals surface area contributed by atoms with Gasteiger partial charge in [0.1, 0.15) is 6.61 Å². The van der Waals surface area contributed by atoms with Crippen molar-refractivity contribution >= 4 is 17.5 Å². The zero-order chi connectivity index (χ0) is 15.9. The van der Waals surface area contributed by atoms with Crippen molar-refractivity contribution < 1.29 is 9.47 Å². The SMILES string of the molecule is C=C(C)c1cc(OC)c(OCc2ccccc2)cc1/N=C\C. The minimum Gasteiger partial charge on any atom is -0.493 e. The highest BCUT2D eigenvalue weighted by Crippen LogP contribution is 2.38. The summed E-state index contributed by atoms with van der Waals surface area (Å²) in [4.78, 5) is 4.40. The summed E-state index contributed by atoms with van der Waals surface area (Å²) in [6, 6.07) is 13.8. The van der Waals surface area contributed by atoms with Crippen molar-refractivity contribution in [3.8, 4) is 11.5 Å². The van der Waals surface area contributed by atoms with E-state index in [1.165, 1.54) is 0 Å². The fourth-order valence-corrected chi connectivity index (χ4v) is 2.14. The fraction of sp³-hybridized carbons (Fsp3) is 0.211. The average Bonchev–Trinajstić information content (AvgIpc) is 2.54. The number of allylic oxidation sites excluding steroid dienone is 1. The molecule has 2 aromatic carbocycles. The van der Waals surface area contributed by atoms with Gasteiger partial charge in [0.15, 0.2) is 11.5 Å². The van der Waals surface area contributed by atoms with Gasteiger partial charge in [0.05, 0.1) is 12.8 Å². The van der Waals surface area contributed by atoms with Gasteiger partial charge < -0.3 is 9.47 Å². The second kappa shape index (κ2) is 7.46. The maximum absolute atomic E-state index is 5.91. The molecular weight excluding hydrogens is 274 g/mol. The van der Waals surface area contributed by atoms with Crippen molar-refractivity contribution in [1.29, 1.82) is 0 Å². The van der Waals surface area contributed by atoms with Crippen molar-refractivity contribution in [3.63, 3.8) is 0 Å². The quantitative estimate of drug-likeness (QED) is 0.700. The molecule has 0 bridgehead atoms. The van der Waals surface area contributed by atoms with E-state index in [1.54, 1.807) is 13.3 Å². The molecule has 22 heavy (non-hydrogen) atoms. The van der Waals surface area contributed by atoms with Crippen LogP contribution in [0.1, 0.15) is 25.0 Å². The highest BCUT2D eigenvalue weighted by molar-refractivity contribution is 5.78. The molecule has 0 aliphatic rings. The Kier molecular flexibility index (Phi) is 5.37. The first-order valence-electron chi connectivity index (χ1n) is 7.19. The van der Waals surface area contributed by atoms with Gasteiger partial charge >= 0.3 is 0 Å². The minimum atomic E-state index is 0.485. The molecule has 2 rings (SSSR count). The Morgan fingerprint density at radius 1 is 1.18 bits per heavy atom. The molecule has 2 aromatic rings. The molecule has 0 saturated heterocycles. The zero-order valence-electron chi connectivity index (χ0n) is 13.3. The lowest BCUT2D eigenvalue weighted by Gasteiger charge is -2.14. The molecular formula is C19H21NO2. The Hall–Kier alpha value is -2.55. The van der Waals surface area contributed by atoms with Gasteiger partial charge in [0.2, 0.25) is 0 Å². The van der Waals surface area contributed by atoms with Gasteiger partial charge in [-0.25, -0.2) is 0 Å². The van der Waals surface area contributed by atoms with Crippen LogP contribution in [0.2, 0.25) is 0 Å². The van der Waals surface area contributed by atoms with E-state index in [1.807, 2.05) is 56.3 Å². The van der Waals surface area contributed by atoms with E-state index in [0.717, 1.165) is 22.4 Å². The number of benzene rings is 2. The smallest absolute Gasteiger partial charge is 0.163 e. The van der Waals surface area contributed by atoms with Crippen molar-refractivity contribution in [1.82, 2.24) is 0 Å². The van der Waals surface area contributed by atoms with Crippen LogP contribution in [0.25, 0.3) is 5.57 Å². The molecule has 0 saturated carbocycles. The molecule has 0 aliphatic carbocycles. The summed E-state index contributed by atoms with van der Waals surface area (Å²) >= 11 is 0. The Labute approximate surface area is 131 Å². The molecule has 0 fully saturated rings. The number of aliphatic imine (C=N–C) groups is 1. The van der Waals surface area contributed by atoms with Gasteiger partial charge in [0, 0.05) is 17.8 Å². The maximum Gasteiger partial charge on any atom is 0.163 e. The zero-order valence-corrected chi connectivity index (χ0v) is 13.3. The number of hydrogen-bond acceptors (Lipinski definition) is 3. The summed E-state index contributed by atoms with van der Waals surface area (Å²) in [5, 5.41) is 0. The van der Waals surface area contributed by atoms with Crippen LogP contribution in [0.3, 0.4) is 0 Å². The van der Waals surface area contributed by atoms with Crippen molar-refractivity contribution in [2.75, 3.05) is 7.11 Å². The van der Waals surface area contributed by atoms with Crippen LogP contribution in [-0.4, -0.2) is 13.3 Å². The van der Waals surface area contributed by atoms with E-state index in [9.17, 15) is 0 Å². The second-order valence-corrected chi connectivity index (χ2v) is 4.96. The lowest BCUT2D eigenvalue weighted by molar-refractivity contribution is 0.284. The molecule has 0 aromatic heterocycles. The van der Waals surface area contributed by atoms with E-state index >= 15 is 0 Å². The molecule has 3 nitrogen and oxygen atoms in total. The number of ether oxygens (including phenoxy) is 2. The summed E-state index contributed by atoms with van der Waals surface area (Å²) in [5.74, 6) is 1.36. The third kappa shape index (κ3) is 3.76. The number of hydrogen-bond donors (Lipinski definition) is 0. The van der Waals surface area contributed by atoms with Crippen LogP contribution in [-0.2, 0) is 6.61 Å². The Bertz CT molecular complexity index is 675. The molecule has 0 unspecified atom stereocenters. The van der Waals surface area contributed by atoms with E-state index in [-0.39, 0.29) is 0 Å². The Balaban J connectivity index is 2.33. The first kappa shape index (κ1) is 15.8. The van der Waals surface area contributed by atoms with Gasteiger partial charge in [0.25, 0.3) is 0 Å². The molecule has 0 amide bonds. The summed E-state index contributed by atoms with van der Waals surface area (Å²) in [7, 11) is 1.63. The topological polar surface area (TPSA) is 30.8 Å². The summed E-state index contributed by atoms with van der Waals surface area (Å²) in [6.07, 6.45) is 1.76. The van der Waals surface area contributed by atoms with Gasteiger partial charge in [-0.05, 0) is 31.1 Å². The number of rotatable bonds is 6. The molecule has 0 atom stereocenters. The Morgan fingerprint density at radius 3 is 2.50 bits per heavy atom. The lowest BCUT2D eigenvalue weighted by atomic mass is 10.1. The standard InChI is InChI=1S/C19H21NO2/c1-5-20-17-12-19(18(21-4)11-16(17)14(2)3)22-13-15-9-7-6-8-10-15/h5-12H,2,13H2,1,3-4H3/b20-5-. The predicted octanol–water partition coefficient (Wildman–Crippen LogP) is 5.03. The monoisotopic (exact) mass is 295 g/mol. The highest BCUT2D eigenvalue weighted by atomic mass is 16.5. The Morgan fingerprint density at radius 2 is 1.91 bits per heavy atom. The predicted molar refractivity (Wildman–Crippen MR) is 92.3 cm³/mol. The van der Waals surface area contributed by atoms with Gasteiger partial charge in [-0.1, -0.05) is 36.9 Å². The van der Waals surface area contributed by atoms with Crippen LogP contribution < -0.4 is 9.47 Å². The van der Waals surface area contributed by atoms with Crippen molar-refractivity contribution in [3.05, 3.63) is 60.2 Å². The van der Waals surface area contributed by atoms with Gasteiger partial charge in [-0.3, -0.25) is 4.99 Å². The molecule has 0 radical (unpaired) electrons. The molecule has 0 spiro atoms. The highest BCUT2D eigenvalue weighted by Gasteiger charge is 2.12. The normalized spacial score (nSPS) is 10.7. The average molecular weight is 295 g/mol. The summed E-state index contributed by atoms with van der Waals surface area (Å²) in [6.45, 7) is 8.32. The van der Waals surface area contributed by atoms with Crippen LogP contribution in [0, 0.1) is 0 Å². The third-order valence-corrected chi connectivity index (χ3v) is 3.25. The van der Waals surface area contributed by atoms with Crippen molar-refractivity contribution in [2.45, 2.75) is 20.5 Å². The van der Waals surface area contributed by atoms with Crippen LogP contribution >= 0.6 is 0 Å². The van der Waals surface area contributed by atoms with E-state index < -0.39 is 0 Å². The molecule has 114 valence electrons. The second-order valence-electron chi connectivity index (χ2n) is 4.96. The molecule has 0 aliphatic heterocycles. The molecule has 3 heteroatoms.